The van der Waals surface area contributed by atoms with E-state index in [1.54, 1.807) is 10.7 Å². The van der Waals surface area contributed by atoms with Crippen molar-refractivity contribution in [3.8, 4) is 0 Å². The normalized spacial score (nSPS) is 16.1. The van der Waals surface area contributed by atoms with Gasteiger partial charge in [-0.25, -0.2) is 4.68 Å². The minimum atomic E-state index is -0.192. The molecule has 0 unspecified atom stereocenters. The number of carbonyl (C=O) groups excluding carboxylic acids is 1. The lowest BCUT2D eigenvalue weighted by molar-refractivity contribution is -0.133. The molecule has 2 N–H and O–H groups in total. The van der Waals surface area contributed by atoms with E-state index in [4.69, 9.17) is 5.73 Å². The van der Waals surface area contributed by atoms with Gasteiger partial charge in [-0.15, -0.1) is 0 Å². The molecular weight excluding hydrogens is 348 g/mol. The zero-order valence-corrected chi connectivity index (χ0v) is 16.2. The predicted octanol–water partition coefficient (Wildman–Crippen LogP) is 3.38. The quantitative estimate of drug-likeness (QED) is 0.761. The third-order valence-electron chi connectivity index (χ3n) is 5.72. The molecule has 0 radical (unpaired) electrons. The molecule has 0 aliphatic carbocycles. The Morgan fingerprint density at radius 1 is 1.07 bits per heavy atom. The highest BCUT2D eigenvalue weighted by atomic mass is 16.2. The van der Waals surface area contributed by atoms with Crippen LogP contribution in [0.2, 0.25) is 0 Å². The van der Waals surface area contributed by atoms with Crippen molar-refractivity contribution >= 4 is 11.7 Å². The zero-order valence-electron chi connectivity index (χ0n) is 16.2. The molecule has 5 nitrogen and oxygen atoms in total. The van der Waals surface area contributed by atoms with Gasteiger partial charge in [0.1, 0.15) is 12.4 Å². The van der Waals surface area contributed by atoms with Crippen LogP contribution in [0, 0.1) is 6.92 Å². The summed E-state index contributed by atoms with van der Waals surface area (Å²) in [4.78, 5) is 15.1. The predicted molar refractivity (Wildman–Crippen MR) is 111 cm³/mol. The molecule has 0 saturated carbocycles. The first-order valence-electron chi connectivity index (χ1n) is 9.77. The van der Waals surface area contributed by atoms with Crippen molar-refractivity contribution in [2.24, 2.45) is 0 Å². The van der Waals surface area contributed by atoms with Crippen molar-refractivity contribution in [2.75, 3.05) is 18.8 Å². The van der Waals surface area contributed by atoms with Gasteiger partial charge in [-0.3, -0.25) is 4.79 Å². The number of benzene rings is 2. The van der Waals surface area contributed by atoms with Crippen LogP contribution in [0.1, 0.15) is 29.7 Å². The summed E-state index contributed by atoms with van der Waals surface area (Å²) in [5.41, 5.74) is 9.13. The second kappa shape index (κ2) is 7.50. The number of anilines is 1. The molecule has 2 heterocycles. The zero-order chi connectivity index (χ0) is 19.6. The summed E-state index contributed by atoms with van der Waals surface area (Å²) in [7, 11) is 0. The summed E-state index contributed by atoms with van der Waals surface area (Å²) in [6, 6.07) is 22.9. The molecule has 4 rings (SSSR count). The standard InChI is InChI=1S/C23H26N4O/c1-18-15-21(24)27(25-18)16-22(28)26-14-8-13-23(17-26,19-9-4-2-5-10-19)20-11-6-3-7-12-20/h2-7,9-12,15H,8,13-14,16-17,24H2,1H3. The number of rotatable bonds is 4. The Morgan fingerprint density at radius 2 is 1.68 bits per heavy atom. The van der Waals surface area contributed by atoms with E-state index in [-0.39, 0.29) is 17.9 Å². The molecule has 0 atom stereocenters. The van der Waals surface area contributed by atoms with E-state index in [0.29, 0.717) is 12.4 Å². The topological polar surface area (TPSA) is 64.2 Å². The lowest BCUT2D eigenvalue weighted by atomic mass is 9.69. The molecule has 0 bridgehead atoms. The molecule has 1 aliphatic rings. The third-order valence-corrected chi connectivity index (χ3v) is 5.72. The van der Waals surface area contributed by atoms with E-state index in [1.807, 2.05) is 24.0 Å². The minimum Gasteiger partial charge on any atom is -0.384 e. The van der Waals surface area contributed by atoms with Gasteiger partial charge in [-0.1, -0.05) is 60.7 Å². The highest BCUT2D eigenvalue weighted by molar-refractivity contribution is 5.77. The first kappa shape index (κ1) is 18.3. The van der Waals surface area contributed by atoms with Crippen LogP contribution in [0.5, 0.6) is 0 Å². The maximum atomic E-state index is 13.1. The molecule has 2 aromatic carbocycles. The SMILES string of the molecule is Cc1cc(N)n(CC(=O)N2CCCC(c3ccccc3)(c3ccccc3)C2)n1. The number of amides is 1. The molecule has 0 spiro atoms. The highest BCUT2D eigenvalue weighted by Crippen LogP contribution is 2.40. The number of carbonyl (C=O) groups is 1. The number of aromatic nitrogens is 2. The number of nitrogens with zero attached hydrogens (tertiary/aromatic N) is 3. The Morgan fingerprint density at radius 3 is 2.21 bits per heavy atom. The Hall–Kier alpha value is -3.08. The first-order valence-corrected chi connectivity index (χ1v) is 9.77. The summed E-state index contributed by atoms with van der Waals surface area (Å²) in [6.07, 6.45) is 1.98. The molecule has 1 saturated heterocycles. The molecule has 144 valence electrons. The van der Waals surface area contributed by atoms with E-state index in [9.17, 15) is 4.79 Å². The van der Waals surface area contributed by atoms with E-state index in [2.05, 4.69) is 53.6 Å². The number of nitrogens with two attached hydrogens (primary N) is 1. The second-order valence-corrected chi connectivity index (χ2v) is 7.60. The van der Waals surface area contributed by atoms with Crippen LogP contribution in [0.4, 0.5) is 5.82 Å². The van der Waals surface area contributed by atoms with Crippen LogP contribution in [-0.4, -0.2) is 33.7 Å². The van der Waals surface area contributed by atoms with Crippen LogP contribution < -0.4 is 5.73 Å². The molecular formula is C23H26N4O. The fraction of sp³-hybridized carbons (Fsp3) is 0.304. The number of aryl methyl sites for hydroxylation is 1. The maximum absolute atomic E-state index is 13.1. The Kier molecular flexibility index (Phi) is 4.90. The molecule has 28 heavy (non-hydrogen) atoms. The van der Waals surface area contributed by atoms with Gasteiger partial charge in [0.2, 0.25) is 5.91 Å². The number of likely N-dealkylation sites (tertiary alicyclic amines) is 1. The summed E-state index contributed by atoms with van der Waals surface area (Å²) >= 11 is 0. The lowest BCUT2D eigenvalue weighted by Crippen LogP contribution is -2.50. The number of piperidine rings is 1. The summed E-state index contributed by atoms with van der Waals surface area (Å²) in [6.45, 7) is 3.49. The van der Waals surface area contributed by atoms with Gasteiger partial charge in [0.05, 0.1) is 5.69 Å². The average molecular weight is 374 g/mol. The van der Waals surface area contributed by atoms with Gasteiger partial charge in [-0.05, 0) is 30.9 Å². The van der Waals surface area contributed by atoms with Gasteiger partial charge >= 0.3 is 0 Å². The van der Waals surface area contributed by atoms with Gasteiger partial charge < -0.3 is 10.6 Å². The van der Waals surface area contributed by atoms with E-state index < -0.39 is 0 Å². The number of nitrogen functional groups attached to an aromatic ring is 1. The third kappa shape index (κ3) is 3.40. The summed E-state index contributed by atoms with van der Waals surface area (Å²) in [5.74, 6) is 0.589. The minimum absolute atomic E-state index is 0.0609. The van der Waals surface area contributed by atoms with E-state index >= 15 is 0 Å². The maximum Gasteiger partial charge on any atom is 0.244 e. The molecule has 5 heteroatoms. The van der Waals surface area contributed by atoms with Crippen LogP contribution >= 0.6 is 0 Å². The van der Waals surface area contributed by atoms with Gasteiger partial charge in [0.25, 0.3) is 0 Å². The van der Waals surface area contributed by atoms with E-state index in [1.165, 1.54) is 11.1 Å². The number of hydrogen-bond donors (Lipinski definition) is 1. The van der Waals surface area contributed by atoms with Crippen molar-refractivity contribution in [1.82, 2.24) is 14.7 Å². The van der Waals surface area contributed by atoms with Crippen LogP contribution in [0.3, 0.4) is 0 Å². The molecule has 1 aromatic heterocycles. The largest absolute Gasteiger partial charge is 0.384 e. The lowest BCUT2D eigenvalue weighted by Gasteiger charge is -2.44. The molecule has 1 amide bonds. The van der Waals surface area contributed by atoms with Crippen molar-refractivity contribution in [2.45, 2.75) is 31.7 Å². The number of hydrogen-bond acceptors (Lipinski definition) is 3. The van der Waals surface area contributed by atoms with Crippen molar-refractivity contribution in [3.63, 3.8) is 0 Å². The summed E-state index contributed by atoms with van der Waals surface area (Å²) in [5, 5.41) is 4.34. The smallest absolute Gasteiger partial charge is 0.244 e. The Balaban J connectivity index is 1.65. The summed E-state index contributed by atoms with van der Waals surface area (Å²) < 4.78 is 1.60. The van der Waals surface area contributed by atoms with Crippen LogP contribution in [0.25, 0.3) is 0 Å². The molecule has 3 aromatic rings. The van der Waals surface area contributed by atoms with Crippen LogP contribution in [-0.2, 0) is 16.8 Å². The van der Waals surface area contributed by atoms with Crippen LogP contribution in [0.15, 0.2) is 66.7 Å². The van der Waals surface area contributed by atoms with Gasteiger partial charge in [-0.2, -0.15) is 5.10 Å². The Labute approximate surface area is 165 Å². The van der Waals surface area contributed by atoms with E-state index in [0.717, 1.165) is 25.1 Å². The van der Waals surface area contributed by atoms with Crippen molar-refractivity contribution in [1.29, 1.82) is 0 Å². The Bertz CT molecular complexity index is 910. The molecule has 1 aliphatic heterocycles. The average Bonchev–Trinajstić information content (AvgIpc) is 3.06. The fourth-order valence-corrected chi connectivity index (χ4v) is 4.34. The fourth-order valence-electron chi connectivity index (χ4n) is 4.34. The first-order chi connectivity index (χ1) is 13.6. The second-order valence-electron chi connectivity index (χ2n) is 7.60. The van der Waals surface area contributed by atoms with Gasteiger partial charge in [0.15, 0.2) is 0 Å². The van der Waals surface area contributed by atoms with Crippen molar-refractivity contribution in [3.05, 3.63) is 83.6 Å². The molecule has 1 fully saturated rings. The highest BCUT2D eigenvalue weighted by Gasteiger charge is 2.40. The monoisotopic (exact) mass is 374 g/mol. The van der Waals surface area contributed by atoms with Gasteiger partial charge in [0, 0.05) is 24.6 Å². The van der Waals surface area contributed by atoms with Crippen molar-refractivity contribution < 1.29 is 4.79 Å².